The molecule has 0 bridgehead atoms. The zero-order chi connectivity index (χ0) is 13.2. The minimum Gasteiger partial charge on any atom is -0.326 e. The summed E-state index contributed by atoms with van der Waals surface area (Å²) in [6, 6.07) is 15.4. The largest absolute Gasteiger partial charge is 0.326 e. The van der Waals surface area contributed by atoms with Crippen molar-refractivity contribution in [2.24, 2.45) is 5.73 Å². The second kappa shape index (κ2) is 4.96. The Bertz CT molecular complexity index is 728. The summed E-state index contributed by atoms with van der Waals surface area (Å²) in [5.41, 5.74) is 8.08. The van der Waals surface area contributed by atoms with Crippen LogP contribution in [0.3, 0.4) is 0 Å². The van der Waals surface area contributed by atoms with Crippen molar-refractivity contribution >= 4 is 27.2 Å². The molecule has 0 amide bonds. The second-order valence-electron chi connectivity index (χ2n) is 4.37. The highest BCUT2D eigenvalue weighted by atomic mass is 32.1. The van der Waals surface area contributed by atoms with Gasteiger partial charge >= 0.3 is 0 Å². The van der Waals surface area contributed by atoms with Crippen molar-refractivity contribution in [2.75, 3.05) is 0 Å². The molecule has 3 aromatic rings. The maximum absolute atomic E-state index is 12.5. The second-order valence-corrected chi connectivity index (χ2v) is 5.29. The molecule has 2 nitrogen and oxygen atoms in total. The van der Waals surface area contributed by atoms with Crippen LogP contribution >= 0.6 is 11.3 Å². The summed E-state index contributed by atoms with van der Waals surface area (Å²) in [6.07, 6.45) is 0. The van der Waals surface area contributed by atoms with Crippen molar-refractivity contribution < 1.29 is 4.79 Å². The van der Waals surface area contributed by atoms with Crippen molar-refractivity contribution in [2.45, 2.75) is 6.54 Å². The number of hydrogen-bond donors (Lipinski definition) is 1. The van der Waals surface area contributed by atoms with E-state index in [-0.39, 0.29) is 5.78 Å². The Morgan fingerprint density at radius 3 is 2.58 bits per heavy atom. The van der Waals surface area contributed by atoms with Gasteiger partial charge in [0.2, 0.25) is 0 Å². The van der Waals surface area contributed by atoms with E-state index in [0.717, 1.165) is 21.2 Å². The molecule has 0 fully saturated rings. The van der Waals surface area contributed by atoms with Gasteiger partial charge in [-0.05, 0) is 28.5 Å². The van der Waals surface area contributed by atoms with Crippen molar-refractivity contribution in [1.29, 1.82) is 0 Å². The van der Waals surface area contributed by atoms with Gasteiger partial charge in [-0.15, -0.1) is 11.3 Å². The van der Waals surface area contributed by atoms with Gasteiger partial charge in [0, 0.05) is 22.4 Å². The number of carbonyl (C=O) groups is 1. The third-order valence-corrected chi connectivity index (χ3v) is 4.14. The highest BCUT2D eigenvalue weighted by molar-refractivity contribution is 7.17. The van der Waals surface area contributed by atoms with E-state index in [9.17, 15) is 4.79 Å². The molecule has 2 aromatic carbocycles. The Kier molecular flexibility index (Phi) is 3.15. The van der Waals surface area contributed by atoms with Gasteiger partial charge in [-0.3, -0.25) is 4.79 Å². The molecule has 1 aromatic heterocycles. The third kappa shape index (κ3) is 2.18. The fourth-order valence-electron chi connectivity index (χ4n) is 2.12. The molecule has 1 heterocycles. The average molecular weight is 267 g/mol. The molecule has 2 N–H and O–H groups in total. The van der Waals surface area contributed by atoms with Crippen LogP contribution in [-0.4, -0.2) is 5.78 Å². The lowest BCUT2D eigenvalue weighted by atomic mass is 10.0. The van der Waals surface area contributed by atoms with Gasteiger partial charge in [0.05, 0.1) is 0 Å². The maximum atomic E-state index is 12.5. The van der Waals surface area contributed by atoms with Gasteiger partial charge in [0.1, 0.15) is 0 Å². The molecule has 3 heteroatoms. The molecule has 0 atom stereocenters. The Hall–Kier alpha value is -1.97. The van der Waals surface area contributed by atoms with Gasteiger partial charge in [-0.25, -0.2) is 0 Å². The maximum Gasteiger partial charge on any atom is 0.194 e. The van der Waals surface area contributed by atoms with E-state index < -0.39 is 0 Å². The van der Waals surface area contributed by atoms with Crippen molar-refractivity contribution in [3.8, 4) is 0 Å². The number of rotatable bonds is 3. The molecule has 0 spiro atoms. The number of fused-ring (bicyclic) bond motifs is 1. The Morgan fingerprint density at radius 2 is 1.84 bits per heavy atom. The van der Waals surface area contributed by atoms with Crippen molar-refractivity contribution in [1.82, 2.24) is 0 Å². The SMILES string of the molecule is NCc1ccc(C(=O)c2cccc3ccsc23)cc1. The van der Waals surface area contributed by atoms with Crippen LogP contribution in [0.15, 0.2) is 53.9 Å². The molecule has 0 radical (unpaired) electrons. The Morgan fingerprint density at radius 1 is 1.05 bits per heavy atom. The standard InChI is InChI=1S/C16H13NOS/c17-10-11-4-6-12(7-5-11)15(18)14-3-1-2-13-8-9-19-16(13)14/h1-9H,10,17H2. The molecule has 3 rings (SSSR count). The molecule has 0 saturated carbocycles. The average Bonchev–Trinajstić information content (AvgIpc) is 2.95. The summed E-state index contributed by atoms with van der Waals surface area (Å²) in [4.78, 5) is 12.5. The first-order valence-electron chi connectivity index (χ1n) is 6.09. The Labute approximate surface area is 115 Å². The summed E-state index contributed by atoms with van der Waals surface area (Å²) in [5, 5.41) is 3.13. The van der Waals surface area contributed by atoms with Crippen LogP contribution in [0.1, 0.15) is 21.5 Å². The van der Waals surface area contributed by atoms with Crippen LogP contribution in [0.4, 0.5) is 0 Å². The van der Waals surface area contributed by atoms with E-state index in [2.05, 4.69) is 0 Å². The predicted molar refractivity (Wildman–Crippen MR) is 79.6 cm³/mol. The van der Waals surface area contributed by atoms with E-state index in [4.69, 9.17) is 5.73 Å². The molecule has 0 aliphatic heterocycles. The van der Waals surface area contributed by atoms with E-state index >= 15 is 0 Å². The van der Waals surface area contributed by atoms with Crippen LogP contribution in [-0.2, 0) is 6.54 Å². The minimum atomic E-state index is 0.0663. The molecule has 0 unspecified atom stereocenters. The zero-order valence-corrected chi connectivity index (χ0v) is 11.1. The quantitative estimate of drug-likeness (QED) is 0.737. The minimum absolute atomic E-state index is 0.0663. The number of ketones is 1. The molecule has 0 saturated heterocycles. The van der Waals surface area contributed by atoms with E-state index in [0.29, 0.717) is 12.1 Å². The highest BCUT2D eigenvalue weighted by Crippen LogP contribution is 2.26. The fraction of sp³-hybridized carbons (Fsp3) is 0.0625. The monoisotopic (exact) mass is 267 g/mol. The van der Waals surface area contributed by atoms with Crippen LogP contribution < -0.4 is 5.73 Å². The van der Waals surface area contributed by atoms with E-state index in [1.807, 2.05) is 53.9 Å². The van der Waals surface area contributed by atoms with E-state index in [1.54, 1.807) is 11.3 Å². The summed E-state index contributed by atoms with van der Waals surface area (Å²) in [7, 11) is 0. The van der Waals surface area contributed by atoms with Gasteiger partial charge in [0.25, 0.3) is 0 Å². The van der Waals surface area contributed by atoms with Gasteiger partial charge in [0.15, 0.2) is 5.78 Å². The van der Waals surface area contributed by atoms with Crippen molar-refractivity contribution in [3.05, 3.63) is 70.6 Å². The molecular formula is C16H13NOS. The topological polar surface area (TPSA) is 43.1 Å². The lowest BCUT2D eigenvalue weighted by Crippen LogP contribution is -2.02. The first-order valence-corrected chi connectivity index (χ1v) is 6.97. The lowest BCUT2D eigenvalue weighted by Gasteiger charge is -2.04. The first kappa shape index (κ1) is 12.1. The fourth-order valence-corrected chi connectivity index (χ4v) is 3.03. The molecule has 0 aliphatic rings. The lowest BCUT2D eigenvalue weighted by molar-refractivity contribution is 0.104. The van der Waals surface area contributed by atoms with Crippen LogP contribution in [0.25, 0.3) is 10.1 Å². The number of thiophene rings is 1. The smallest absolute Gasteiger partial charge is 0.194 e. The molecule has 19 heavy (non-hydrogen) atoms. The van der Waals surface area contributed by atoms with Gasteiger partial charge in [-0.2, -0.15) is 0 Å². The number of nitrogens with two attached hydrogens (primary N) is 1. The summed E-state index contributed by atoms with van der Waals surface area (Å²) in [5.74, 6) is 0.0663. The molecule has 94 valence electrons. The number of benzene rings is 2. The third-order valence-electron chi connectivity index (χ3n) is 3.18. The summed E-state index contributed by atoms with van der Waals surface area (Å²) < 4.78 is 1.05. The van der Waals surface area contributed by atoms with E-state index in [1.165, 1.54) is 0 Å². The number of carbonyl (C=O) groups excluding carboxylic acids is 1. The van der Waals surface area contributed by atoms with Crippen LogP contribution in [0.5, 0.6) is 0 Å². The summed E-state index contributed by atoms with van der Waals surface area (Å²) >= 11 is 1.60. The highest BCUT2D eigenvalue weighted by Gasteiger charge is 2.12. The van der Waals surface area contributed by atoms with Crippen LogP contribution in [0.2, 0.25) is 0 Å². The predicted octanol–water partition coefficient (Wildman–Crippen LogP) is 3.59. The van der Waals surface area contributed by atoms with Gasteiger partial charge < -0.3 is 5.73 Å². The normalized spacial score (nSPS) is 10.8. The van der Waals surface area contributed by atoms with Gasteiger partial charge in [-0.1, -0.05) is 36.4 Å². The zero-order valence-electron chi connectivity index (χ0n) is 10.3. The molecular weight excluding hydrogens is 254 g/mol. The Balaban J connectivity index is 2.05. The summed E-state index contributed by atoms with van der Waals surface area (Å²) in [6.45, 7) is 0.495. The first-order chi connectivity index (χ1) is 9.29. The number of hydrogen-bond acceptors (Lipinski definition) is 3. The molecule has 0 aliphatic carbocycles. The van der Waals surface area contributed by atoms with Crippen molar-refractivity contribution in [3.63, 3.8) is 0 Å². The van der Waals surface area contributed by atoms with Crippen LogP contribution in [0, 0.1) is 0 Å².